The lowest BCUT2D eigenvalue weighted by Gasteiger charge is -2.20. The average Bonchev–Trinajstić information content (AvgIpc) is 2.63. The van der Waals surface area contributed by atoms with Crippen molar-refractivity contribution in [3.05, 3.63) is 105 Å². The number of aromatic nitrogens is 1. The highest BCUT2D eigenvalue weighted by Gasteiger charge is 2.17. The van der Waals surface area contributed by atoms with Gasteiger partial charge in [0.2, 0.25) is 5.91 Å². The van der Waals surface area contributed by atoms with Gasteiger partial charge in [-0.3, -0.25) is 9.59 Å². The van der Waals surface area contributed by atoms with Crippen molar-refractivity contribution < 1.29 is 4.79 Å². The van der Waals surface area contributed by atoms with E-state index < -0.39 is 0 Å². The Bertz CT molecular complexity index is 905. The molecule has 1 amide bonds. The zero-order valence-corrected chi connectivity index (χ0v) is 15.0. The van der Waals surface area contributed by atoms with Crippen LogP contribution in [0.15, 0.2) is 88.3 Å². The summed E-state index contributed by atoms with van der Waals surface area (Å²) in [5, 5.41) is 3.03. The number of carbonyl (C=O) groups excluding carboxylic acids is 1. The molecule has 0 aliphatic heterocycles. The second-order valence-electron chi connectivity index (χ2n) is 5.63. The highest BCUT2D eigenvalue weighted by molar-refractivity contribution is 9.10. The van der Waals surface area contributed by atoms with Crippen molar-refractivity contribution in [3.8, 4) is 0 Å². The van der Waals surface area contributed by atoms with Gasteiger partial charge in [-0.15, -0.1) is 0 Å². The lowest BCUT2D eigenvalue weighted by molar-refractivity contribution is -0.122. The van der Waals surface area contributed by atoms with Gasteiger partial charge in [-0.05, 0) is 29.3 Å². The molecule has 25 heavy (non-hydrogen) atoms. The van der Waals surface area contributed by atoms with Crippen molar-refractivity contribution in [2.45, 2.75) is 12.6 Å². The van der Waals surface area contributed by atoms with E-state index in [1.807, 2.05) is 54.6 Å². The largest absolute Gasteiger partial charge is 0.344 e. The summed E-state index contributed by atoms with van der Waals surface area (Å²) in [6.45, 7) is -0.0144. The minimum Gasteiger partial charge on any atom is -0.344 e. The van der Waals surface area contributed by atoms with Gasteiger partial charge in [-0.2, -0.15) is 0 Å². The molecule has 0 saturated heterocycles. The van der Waals surface area contributed by atoms with Crippen LogP contribution >= 0.6 is 15.9 Å². The zero-order chi connectivity index (χ0) is 17.6. The first-order valence-electron chi connectivity index (χ1n) is 7.89. The third kappa shape index (κ3) is 4.45. The van der Waals surface area contributed by atoms with E-state index in [0.717, 1.165) is 15.6 Å². The summed E-state index contributed by atoms with van der Waals surface area (Å²) in [6, 6.07) is 22.1. The van der Waals surface area contributed by atoms with Gasteiger partial charge in [0, 0.05) is 16.7 Å². The Labute approximate surface area is 154 Å². The Kier molecular flexibility index (Phi) is 5.46. The molecule has 1 atom stereocenters. The molecule has 0 spiro atoms. The van der Waals surface area contributed by atoms with Crippen molar-refractivity contribution in [2.75, 3.05) is 0 Å². The van der Waals surface area contributed by atoms with Crippen LogP contribution in [0.4, 0.5) is 0 Å². The molecule has 1 aromatic heterocycles. The van der Waals surface area contributed by atoms with E-state index in [0.29, 0.717) is 0 Å². The van der Waals surface area contributed by atoms with Crippen LogP contribution in [0.25, 0.3) is 0 Å². The smallest absolute Gasteiger partial charge is 0.250 e. The summed E-state index contributed by atoms with van der Waals surface area (Å²) < 4.78 is 2.36. The van der Waals surface area contributed by atoms with E-state index in [-0.39, 0.29) is 24.1 Å². The van der Waals surface area contributed by atoms with Crippen molar-refractivity contribution in [3.63, 3.8) is 0 Å². The lowest BCUT2D eigenvalue weighted by Crippen LogP contribution is -2.34. The fourth-order valence-corrected chi connectivity index (χ4v) is 2.88. The lowest BCUT2D eigenvalue weighted by atomic mass is 9.99. The number of rotatable bonds is 5. The fraction of sp³-hybridized carbons (Fsp3) is 0.100. The first-order chi connectivity index (χ1) is 12.1. The Morgan fingerprint density at radius 3 is 2.24 bits per heavy atom. The molecule has 0 fully saturated rings. The molecule has 0 aliphatic carbocycles. The van der Waals surface area contributed by atoms with Crippen molar-refractivity contribution >= 4 is 21.8 Å². The summed E-state index contributed by atoms with van der Waals surface area (Å²) in [5.41, 5.74) is 1.76. The molecular weight excluding hydrogens is 380 g/mol. The SMILES string of the molecule is O=C(Cn1ccccc1=O)N[C@H](c1ccccc1)c1ccc(Br)cc1. The van der Waals surface area contributed by atoms with E-state index in [2.05, 4.69) is 21.2 Å². The monoisotopic (exact) mass is 396 g/mol. The molecule has 0 unspecified atom stereocenters. The summed E-state index contributed by atoms with van der Waals surface area (Å²) in [6.07, 6.45) is 1.61. The fourth-order valence-electron chi connectivity index (χ4n) is 2.61. The normalized spacial score (nSPS) is 11.7. The van der Waals surface area contributed by atoms with Gasteiger partial charge in [0.15, 0.2) is 0 Å². The number of carbonyl (C=O) groups is 1. The van der Waals surface area contributed by atoms with E-state index >= 15 is 0 Å². The van der Waals surface area contributed by atoms with Gasteiger partial charge in [0.05, 0.1) is 6.04 Å². The van der Waals surface area contributed by atoms with Crippen molar-refractivity contribution in [2.24, 2.45) is 0 Å². The van der Waals surface area contributed by atoms with Crippen molar-refractivity contribution in [1.82, 2.24) is 9.88 Å². The molecule has 0 radical (unpaired) electrons. The molecule has 2 aromatic carbocycles. The number of hydrogen-bond acceptors (Lipinski definition) is 2. The van der Waals surface area contributed by atoms with Gasteiger partial charge < -0.3 is 9.88 Å². The standard InChI is InChI=1S/C20H17BrN2O2/c21-17-11-9-16(10-12-17)20(15-6-2-1-3-7-15)22-18(24)14-23-13-5-4-8-19(23)25/h1-13,20H,14H2,(H,22,24)/t20-/m1/s1. The topological polar surface area (TPSA) is 51.1 Å². The van der Waals surface area contributed by atoms with Gasteiger partial charge in [0.25, 0.3) is 5.56 Å². The van der Waals surface area contributed by atoms with E-state index in [1.54, 1.807) is 18.3 Å². The van der Waals surface area contributed by atoms with Crippen LogP contribution in [-0.4, -0.2) is 10.5 Å². The first-order valence-corrected chi connectivity index (χ1v) is 8.68. The van der Waals surface area contributed by atoms with Crippen LogP contribution in [0.5, 0.6) is 0 Å². The summed E-state index contributed by atoms with van der Waals surface area (Å²) >= 11 is 3.43. The third-order valence-electron chi connectivity index (χ3n) is 3.85. The number of pyridine rings is 1. The van der Waals surface area contributed by atoms with Crippen LogP contribution in [0.3, 0.4) is 0 Å². The molecule has 3 rings (SSSR count). The molecule has 5 heteroatoms. The molecule has 1 heterocycles. The number of halogens is 1. The van der Waals surface area contributed by atoms with Gasteiger partial charge in [-0.1, -0.05) is 64.5 Å². The Hall–Kier alpha value is -2.66. The van der Waals surface area contributed by atoms with Crippen LogP contribution in [-0.2, 0) is 11.3 Å². The third-order valence-corrected chi connectivity index (χ3v) is 4.38. The van der Waals surface area contributed by atoms with Gasteiger partial charge >= 0.3 is 0 Å². The van der Waals surface area contributed by atoms with Crippen LogP contribution in [0.1, 0.15) is 17.2 Å². The molecule has 4 nitrogen and oxygen atoms in total. The maximum Gasteiger partial charge on any atom is 0.250 e. The molecule has 1 N–H and O–H groups in total. The van der Waals surface area contributed by atoms with E-state index in [1.165, 1.54) is 10.6 Å². The predicted molar refractivity (Wildman–Crippen MR) is 101 cm³/mol. The minimum absolute atomic E-state index is 0.0144. The quantitative estimate of drug-likeness (QED) is 0.717. The molecule has 126 valence electrons. The highest BCUT2D eigenvalue weighted by atomic mass is 79.9. The van der Waals surface area contributed by atoms with E-state index in [4.69, 9.17) is 0 Å². The second kappa shape index (κ2) is 7.94. The number of hydrogen-bond donors (Lipinski definition) is 1. The number of benzene rings is 2. The average molecular weight is 397 g/mol. The molecule has 3 aromatic rings. The Balaban J connectivity index is 1.85. The van der Waals surface area contributed by atoms with Crippen LogP contribution in [0.2, 0.25) is 0 Å². The summed E-state index contributed by atoms with van der Waals surface area (Å²) in [4.78, 5) is 24.3. The van der Waals surface area contributed by atoms with Gasteiger partial charge in [-0.25, -0.2) is 0 Å². The maximum atomic E-state index is 12.5. The predicted octanol–water partition coefficient (Wildman–Crippen LogP) is 3.52. The minimum atomic E-state index is -0.277. The molecule has 0 aliphatic rings. The van der Waals surface area contributed by atoms with Crippen LogP contribution in [0, 0.1) is 0 Å². The van der Waals surface area contributed by atoms with Gasteiger partial charge in [0.1, 0.15) is 6.54 Å². The summed E-state index contributed by atoms with van der Waals surface area (Å²) in [7, 11) is 0. The van der Waals surface area contributed by atoms with Crippen molar-refractivity contribution in [1.29, 1.82) is 0 Å². The van der Waals surface area contributed by atoms with E-state index in [9.17, 15) is 9.59 Å². The Morgan fingerprint density at radius 2 is 1.56 bits per heavy atom. The zero-order valence-electron chi connectivity index (χ0n) is 13.4. The summed E-state index contributed by atoms with van der Waals surface area (Å²) in [5.74, 6) is -0.218. The van der Waals surface area contributed by atoms with Crippen LogP contribution < -0.4 is 10.9 Å². The number of nitrogens with one attached hydrogen (secondary N) is 1. The molecule has 0 bridgehead atoms. The first kappa shape index (κ1) is 17.2. The molecular formula is C20H17BrN2O2. The number of amides is 1. The highest BCUT2D eigenvalue weighted by Crippen LogP contribution is 2.23. The molecule has 0 saturated carbocycles. The second-order valence-corrected chi connectivity index (χ2v) is 6.55. The number of nitrogens with zero attached hydrogens (tertiary/aromatic N) is 1. The Morgan fingerprint density at radius 1 is 0.920 bits per heavy atom. The maximum absolute atomic E-state index is 12.5.